The molecule has 1 saturated carbocycles. The summed E-state index contributed by atoms with van der Waals surface area (Å²) in [5.74, 6) is -1.10. The molecule has 1 aromatic carbocycles. The Morgan fingerprint density at radius 3 is 2.55 bits per heavy atom. The smallest absolute Gasteiger partial charge is 0.388 e. The lowest BCUT2D eigenvalue weighted by atomic mass is 9.77. The summed E-state index contributed by atoms with van der Waals surface area (Å²) in [7, 11) is 0. The van der Waals surface area contributed by atoms with E-state index in [4.69, 9.17) is 0 Å². The number of alkyl halides is 3. The van der Waals surface area contributed by atoms with Crippen LogP contribution in [-0.2, 0) is 6.18 Å². The molecule has 1 aliphatic rings. The van der Waals surface area contributed by atoms with Gasteiger partial charge in [0.2, 0.25) is 0 Å². The van der Waals surface area contributed by atoms with Crippen LogP contribution in [0.2, 0.25) is 0 Å². The first kappa shape index (κ1) is 15.3. The van der Waals surface area contributed by atoms with E-state index in [1.165, 1.54) is 6.07 Å². The summed E-state index contributed by atoms with van der Waals surface area (Å²) in [5, 5.41) is 10.2. The third-order valence-electron chi connectivity index (χ3n) is 4.08. The average molecular weight is 290 g/mol. The minimum absolute atomic E-state index is 0.170. The lowest BCUT2D eigenvalue weighted by Gasteiger charge is -2.31. The van der Waals surface area contributed by atoms with Gasteiger partial charge >= 0.3 is 6.18 Å². The molecule has 1 aliphatic carbocycles. The highest BCUT2D eigenvalue weighted by atomic mass is 19.4. The number of hydrogen-bond donors (Lipinski definition) is 1. The van der Waals surface area contributed by atoms with Crippen molar-refractivity contribution in [3.63, 3.8) is 0 Å². The van der Waals surface area contributed by atoms with E-state index in [1.807, 2.05) is 6.92 Å². The summed E-state index contributed by atoms with van der Waals surface area (Å²) in [4.78, 5) is 0. The van der Waals surface area contributed by atoms with Gasteiger partial charge in [-0.3, -0.25) is 0 Å². The molecule has 3 unspecified atom stereocenters. The fourth-order valence-corrected chi connectivity index (χ4v) is 3.02. The van der Waals surface area contributed by atoms with E-state index in [0.717, 1.165) is 31.7 Å². The largest absolute Gasteiger partial charge is 0.419 e. The number of aliphatic hydroxyl groups excluding tert-OH is 1. The number of hydrogen-bond acceptors (Lipinski definition) is 1. The summed E-state index contributed by atoms with van der Waals surface area (Å²) in [6.45, 7) is 2.04. The van der Waals surface area contributed by atoms with Crippen molar-refractivity contribution < 1.29 is 22.7 Å². The van der Waals surface area contributed by atoms with E-state index >= 15 is 0 Å². The molecule has 2 rings (SSSR count). The van der Waals surface area contributed by atoms with Gasteiger partial charge < -0.3 is 5.11 Å². The lowest BCUT2D eigenvalue weighted by molar-refractivity contribution is -0.140. The highest BCUT2D eigenvalue weighted by molar-refractivity contribution is 5.30. The molecule has 0 aromatic heterocycles. The highest BCUT2D eigenvalue weighted by Crippen LogP contribution is 2.40. The minimum Gasteiger partial charge on any atom is -0.388 e. The van der Waals surface area contributed by atoms with E-state index < -0.39 is 23.7 Å². The Balaban J connectivity index is 2.28. The molecule has 3 atom stereocenters. The van der Waals surface area contributed by atoms with Crippen molar-refractivity contribution in [3.05, 3.63) is 35.1 Å². The Kier molecular flexibility index (Phi) is 4.37. The van der Waals surface area contributed by atoms with Crippen LogP contribution in [0.3, 0.4) is 0 Å². The van der Waals surface area contributed by atoms with E-state index in [0.29, 0.717) is 12.0 Å². The quantitative estimate of drug-likeness (QED) is 0.782. The van der Waals surface area contributed by atoms with Crippen molar-refractivity contribution in [2.45, 2.75) is 44.9 Å². The average Bonchev–Trinajstić information content (AvgIpc) is 2.37. The molecule has 0 heterocycles. The topological polar surface area (TPSA) is 20.2 Å². The molecule has 112 valence electrons. The molecule has 0 bridgehead atoms. The number of halogens is 4. The second-order valence-electron chi connectivity index (χ2n) is 5.68. The first-order valence-corrected chi connectivity index (χ1v) is 6.84. The maximum Gasteiger partial charge on any atom is 0.419 e. The fourth-order valence-electron chi connectivity index (χ4n) is 3.02. The molecule has 1 N–H and O–H groups in total. The summed E-state index contributed by atoms with van der Waals surface area (Å²) in [5.41, 5.74) is -1.54. The zero-order valence-corrected chi connectivity index (χ0v) is 11.3. The third-order valence-corrected chi connectivity index (χ3v) is 4.08. The van der Waals surface area contributed by atoms with Crippen LogP contribution in [0.5, 0.6) is 0 Å². The Bertz CT molecular complexity index is 469. The van der Waals surface area contributed by atoms with Gasteiger partial charge in [-0.15, -0.1) is 0 Å². The van der Waals surface area contributed by atoms with Crippen LogP contribution in [0.1, 0.15) is 49.8 Å². The fraction of sp³-hybridized carbons (Fsp3) is 0.600. The maximum absolute atomic E-state index is 14.0. The zero-order valence-electron chi connectivity index (χ0n) is 11.3. The SMILES string of the molecule is CC1CCCC(C(O)c2cccc(C(F)(F)F)c2F)C1. The van der Waals surface area contributed by atoms with Gasteiger partial charge in [-0.05, 0) is 30.7 Å². The van der Waals surface area contributed by atoms with Gasteiger partial charge in [-0.25, -0.2) is 4.39 Å². The van der Waals surface area contributed by atoms with Gasteiger partial charge in [0, 0.05) is 5.56 Å². The minimum atomic E-state index is -4.74. The summed E-state index contributed by atoms with van der Waals surface area (Å²) >= 11 is 0. The van der Waals surface area contributed by atoms with Crippen molar-refractivity contribution in [1.82, 2.24) is 0 Å². The molecule has 5 heteroatoms. The third kappa shape index (κ3) is 3.14. The van der Waals surface area contributed by atoms with E-state index in [9.17, 15) is 22.7 Å². The van der Waals surface area contributed by atoms with Crippen LogP contribution in [0, 0.1) is 17.7 Å². The van der Waals surface area contributed by atoms with Crippen LogP contribution in [0.25, 0.3) is 0 Å². The number of benzene rings is 1. The standard InChI is InChI=1S/C15H18F4O/c1-9-4-2-5-10(8-9)14(20)11-6-3-7-12(13(11)16)15(17,18)19/h3,6-7,9-10,14,20H,2,4-5,8H2,1H3. The van der Waals surface area contributed by atoms with Crippen molar-refractivity contribution >= 4 is 0 Å². The maximum atomic E-state index is 14.0. The lowest BCUT2D eigenvalue weighted by Crippen LogP contribution is -2.22. The second-order valence-corrected chi connectivity index (χ2v) is 5.68. The van der Waals surface area contributed by atoms with Gasteiger partial charge in [0.05, 0.1) is 11.7 Å². The predicted molar refractivity (Wildman–Crippen MR) is 67.5 cm³/mol. The molecular weight excluding hydrogens is 272 g/mol. The predicted octanol–water partition coefficient (Wildman–Crippen LogP) is 4.70. The highest BCUT2D eigenvalue weighted by Gasteiger charge is 2.37. The van der Waals surface area contributed by atoms with Crippen molar-refractivity contribution in [2.24, 2.45) is 11.8 Å². The van der Waals surface area contributed by atoms with Crippen LogP contribution in [0.15, 0.2) is 18.2 Å². The van der Waals surface area contributed by atoms with Crippen LogP contribution in [-0.4, -0.2) is 5.11 Å². The molecule has 1 nitrogen and oxygen atoms in total. The van der Waals surface area contributed by atoms with E-state index in [2.05, 4.69) is 0 Å². The van der Waals surface area contributed by atoms with Crippen LogP contribution < -0.4 is 0 Å². The molecule has 20 heavy (non-hydrogen) atoms. The monoisotopic (exact) mass is 290 g/mol. The summed E-state index contributed by atoms with van der Waals surface area (Å²) in [6.07, 6.45) is -2.49. The molecule has 1 fully saturated rings. The first-order valence-electron chi connectivity index (χ1n) is 6.84. The normalized spacial score (nSPS) is 25.5. The number of aliphatic hydroxyl groups is 1. The van der Waals surface area contributed by atoms with E-state index in [1.54, 1.807) is 0 Å². The van der Waals surface area contributed by atoms with Gasteiger partial charge in [-0.2, -0.15) is 13.2 Å². The van der Waals surface area contributed by atoms with E-state index in [-0.39, 0.29) is 11.5 Å². The molecule has 0 spiro atoms. The van der Waals surface area contributed by atoms with Crippen molar-refractivity contribution in [1.29, 1.82) is 0 Å². The molecule has 0 saturated heterocycles. The number of rotatable bonds is 2. The van der Waals surface area contributed by atoms with Gasteiger partial charge in [-0.1, -0.05) is 31.9 Å². The first-order chi connectivity index (χ1) is 9.30. The second kappa shape index (κ2) is 5.72. The van der Waals surface area contributed by atoms with Crippen LogP contribution >= 0.6 is 0 Å². The summed E-state index contributed by atoms with van der Waals surface area (Å²) < 4.78 is 52.0. The molecule has 0 amide bonds. The Hall–Kier alpha value is -1.10. The molecule has 1 aromatic rings. The van der Waals surface area contributed by atoms with Crippen molar-refractivity contribution in [3.8, 4) is 0 Å². The van der Waals surface area contributed by atoms with Crippen molar-refractivity contribution in [2.75, 3.05) is 0 Å². The zero-order chi connectivity index (χ0) is 14.9. The molecule has 0 radical (unpaired) electrons. The van der Waals surface area contributed by atoms with Crippen LogP contribution in [0.4, 0.5) is 17.6 Å². The van der Waals surface area contributed by atoms with Gasteiger partial charge in [0.1, 0.15) is 5.82 Å². The summed E-state index contributed by atoms with van der Waals surface area (Å²) in [6, 6.07) is 3.10. The Labute approximate surface area is 115 Å². The molecular formula is C15H18F4O. The Morgan fingerprint density at radius 2 is 1.95 bits per heavy atom. The molecule has 0 aliphatic heterocycles. The van der Waals surface area contributed by atoms with Gasteiger partial charge in [0.25, 0.3) is 0 Å². The van der Waals surface area contributed by atoms with Gasteiger partial charge in [0.15, 0.2) is 0 Å². The Morgan fingerprint density at radius 1 is 1.25 bits per heavy atom.